The molecule has 1 saturated carbocycles. The van der Waals surface area contributed by atoms with Crippen LogP contribution >= 0.6 is 0 Å². The highest BCUT2D eigenvalue weighted by molar-refractivity contribution is 5.30. The molecular formula is C20H31NO. The predicted octanol–water partition coefficient (Wildman–Crippen LogP) is 4.99. The molecule has 2 heteroatoms. The second-order valence-electron chi connectivity index (χ2n) is 7.66. The van der Waals surface area contributed by atoms with E-state index < -0.39 is 0 Å². The Labute approximate surface area is 135 Å². The van der Waals surface area contributed by atoms with Gasteiger partial charge in [-0.2, -0.15) is 0 Å². The lowest BCUT2D eigenvalue weighted by Crippen LogP contribution is -2.44. The van der Waals surface area contributed by atoms with Crippen molar-refractivity contribution < 1.29 is 5.11 Å². The van der Waals surface area contributed by atoms with E-state index in [2.05, 4.69) is 24.8 Å². The van der Waals surface area contributed by atoms with Crippen LogP contribution < -0.4 is 0 Å². The van der Waals surface area contributed by atoms with Crippen molar-refractivity contribution in [2.75, 3.05) is 13.1 Å². The van der Waals surface area contributed by atoms with Crippen molar-refractivity contribution in [3.63, 3.8) is 0 Å². The third kappa shape index (κ3) is 3.48. The largest absolute Gasteiger partial charge is 0.508 e. The smallest absolute Gasteiger partial charge is 0.115 e. The molecule has 1 saturated heterocycles. The van der Waals surface area contributed by atoms with Gasteiger partial charge in [0, 0.05) is 12.6 Å². The molecule has 0 radical (unpaired) electrons. The molecule has 1 aromatic rings. The van der Waals surface area contributed by atoms with Crippen molar-refractivity contribution in [2.24, 2.45) is 17.8 Å². The van der Waals surface area contributed by atoms with E-state index in [9.17, 15) is 5.11 Å². The lowest BCUT2D eigenvalue weighted by Gasteiger charge is -2.45. The van der Waals surface area contributed by atoms with Gasteiger partial charge in [0.15, 0.2) is 0 Å². The zero-order valence-electron chi connectivity index (χ0n) is 14.2. The van der Waals surface area contributed by atoms with Gasteiger partial charge in [0.1, 0.15) is 5.75 Å². The molecule has 2 aliphatic rings. The Balaban J connectivity index is 1.79. The summed E-state index contributed by atoms with van der Waals surface area (Å²) in [6, 6.07) is 8.43. The third-order valence-electron chi connectivity index (χ3n) is 6.09. The highest BCUT2D eigenvalue weighted by Crippen LogP contribution is 2.41. The number of hydrogen-bond donors (Lipinski definition) is 1. The summed E-state index contributed by atoms with van der Waals surface area (Å²) in [7, 11) is 0. The maximum Gasteiger partial charge on any atom is 0.115 e. The standard InChI is InChI=1S/C20H31NO/c1-15-11-12-21(14-17-7-4-3-5-8-17)20(16(15)2)18-9-6-10-19(22)13-18/h6,9-10,13,15-17,20,22H,3-5,7-8,11-12,14H2,1-2H3/t15?,16-,20-/m0/s1. The van der Waals surface area contributed by atoms with Crippen LogP contribution in [-0.2, 0) is 0 Å². The van der Waals surface area contributed by atoms with E-state index in [1.165, 1.54) is 57.2 Å². The number of phenols is 1. The molecule has 2 fully saturated rings. The minimum Gasteiger partial charge on any atom is -0.508 e. The Hall–Kier alpha value is -1.02. The number of likely N-dealkylation sites (tertiary alicyclic amines) is 1. The average molecular weight is 301 g/mol. The molecule has 0 amide bonds. The molecular weight excluding hydrogens is 270 g/mol. The summed E-state index contributed by atoms with van der Waals surface area (Å²) in [5.41, 5.74) is 1.30. The maximum atomic E-state index is 9.89. The Morgan fingerprint density at radius 2 is 1.86 bits per heavy atom. The summed E-state index contributed by atoms with van der Waals surface area (Å²) in [5, 5.41) is 9.89. The minimum atomic E-state index is 0.403. The first kappa shape index (κ1) is 15.9. The molecule has 3 rings (SSSR count). The third-order valence-corrected chi connectivity index (χ3v) is 6.09. The van der Waals surface area contributed by atoms with Crippen molar-refractivity contribution in [3.05, 3.63) is 29.8 Å². The fourth-order valence-electron chi connectivity index (χ4n) is 4.54. The fraction of sp³-hybridized carbons (Fsp3) is 0.700. The monoisotopic (exact) mass is 301 g/mol. The molecule has 0 bridgehead atoms. The van der Waals surface area contributed by atoms with Gasteiger partial charge in [-0.25, -0.2) is 0 Å². The van der Waals surface area contributed by atoms with Gasteiger partial charge in [-0.15, -0.1) is 0 Å². The van der Waals surface area contributed by atoms with Gasteiger partial charge in [-0.05, 0) is 61.3 Å². The van der Waals surface area contributed by atoms with Gasteiger partial charge in [-0.1, -0.05) is 45.2 Å². The lowest BCUT2D eigenvalue weighted by molar-refractivity contribution is 0.0443. The number of benzene rings is 1. The van der Waals surface area contributed by atoms with E-state index in [-0.39, 0.29) is 0 Å². The van der Waals surface area contributed by atoms with Crippen LogP contribution in [0.25, 0.3) is 0 Å². The summed E-state index contributed by atoms with van der Waals surface area (Å²) >= 11 is 0. The average Bonchev–Trinajstić information content (AvgIpc) is 2.52. The van der Waals surface area contributed by atoms with Crippen LogP contribution in [0.15, 0.2) is 24.3 Å². The van der Waals surface area contributed by atoms with E-state index in [4.69, 9.17) is 0 Å². The first-order valence-electron chi connectivity index (χ1n) is 9.18. The molecule has 1 aromatic carbocycles. The molecule has 0 aromatic heterocycles. The Kier molecular flexibility index (Phi) is 5.07. The van der Waals surface area contributed by atoms with Crippen molar-refractivity contribution in [1.29, 1.82) is 0 Å². The quantitative estimate of drug-likeness (QED) is 0.850. The molecule has 22 heavy (non-hydrogen) atoms. The van der Waals surface area contributed by atoms with Crippen molar-refractivity contribution in [1.82, 2.24) is 4.90 Å². The topological polar surface area (TPSA) is 23.5 Å². The zero-order valence-corrected chi connectivity index (χ0v) is 14.2. The number of hydrogen-bond acceptors (Lipinski definition) is 2. The highest BCUT2D eigenvalue weighted by atomic mass is 16.3. The van der Waals surface area contributed by atoms with Gasteiger partial charge >= 0.3 is 0 Å². The second-order valence-corrected chi connectivity index (χ2v) is 7.66. The molecule has 2 nitrogen and oxygen atoms in total. The van der Waals surface area contributed by atoms with Crippen LogP contribution in [0, 0.1) is 17.8 Å². The second kappa shape index (κ2) is 7.04. The first-order valence-corrected chi connectivity index (χ1v) is 9.18. The van der Waals surface area contributed by atoms with Crippen LogP contribution in [-0.4, -0.2) is 23.1 Å². The molecule has 3 atom stereocenters. The number of piperidine rings is 1. The summed E-state index contributed by atoms with van der Waals surface area (Å²) in [5.74, 6) is 2.70. The number of phenolic OH excluding ortho intramolecular Hbond substituents is 1. The molecule has 1 N–H and O–H groups in total. The lowest BCUT2D eigenvalue weighted by atomic mass is 9.78. The Morgan fingerprint density at radius 3 is 2.59 bits per heavy atom. The summed E-state index contributed by atoms with van der Waals surface area (Å²) < 4.78 is 0. The molecule has 1 heterocycles. The number of rotatable bonds is 3. The van der Waals surface area contributed by atoms with Crippen LogP contribution in [0.5, 0.6) is 5.75 Å². The van der Waals surface area contributed by atoms with E-state index in [0.717, 1.165) is 11.8 Å². The molecule has 122 valence electrons. The molecule has 1 aliphatic carbocycles. The minimum absolute atomic E-state index is 0.403. The van der Waals surface area contributed by atoms with Gasteiger partial charge < -0.3 is 5.11 Å². The maximum absolute atomic E-state index is 9.89. The summed E-state index contributed by atoms with van der Waals surface area (Å²) in [6.07, 6.45) is 8.39. The highest BCUT2D eigenvalue weighted by Gasteiger charge is 2.35. The SMILES string of the molecule is CC1CCN(CC2CCCCC2)[C@H](c2cccc(O)c2)[C@H]1C. The van der Waals surface area contributed by atoms with Crippen LogP contribution in [0.4, 0.5) is 0 Å². The fourth-order valence-corrected chi connectivity index (χ4v) is 4.54. The normalized spacial score (nSPS) is 31.3. The van der Waals surface area contributed by atoms with Gasteiger partial charge in [0.05, 0.1) is 0 Å². The summed E-state index contributed by atoms with van der Waals surface area (Å²) in [4.78, 5) is 2.72. The molecule has 1 aliphatic heterocycles. The van der Waals surface area contributed by atoms with Gasteiger partial charge in [-0.3, -0.25) is 4.90 Å². The first-order chi connectivity index (χ1) is 10.6. The van der Waals surface area contributed by atoms with Crippen molar-refractivity contribution in [2.45, 2.75) is 58.4 Å². The summed E-state index contributed by atoms with van der Waals surface area (Å²) in [6.45, 7) is 7.24. The van der Waals surface area contributed by atoms with E-state index in [1.54, 1.807) is 6.07 Å². The Bertz CT molecular complexity index is 480. The van der Waals surface area contributed by atoms with Crippen LogP contribution in [0.1, 0.15) is 64.0 Å². The van der Waals surface area contributed by atoms with E-state index >= 15 is 0 Å². The molecule has 1 unspecified atom stereocenters. The predicted molar refractivity (Wildman–Crippen MR) is 91.9 cm³/mol. The van der Waals surface area contributed by atoms with Crippen LogP contribution in [0.3, 0.4) is 0 Å². The van der Waals surface area contributed by atoms with Crippen molar-refractivity contribution in [3.8, 4) is 5.75 Å². The van der Waals surface area contributed by atoms with Crippen LogP contribution in [0.2, 0.25) is 0 Å². The molecule has 0 spiro atoms. The van der Waals surface area contributed by atoms with E-state index in [1.807, 2.05) is 12.1 Å². The van der Waals surface area contributed by atoms with Gasteiger partial charge in [0.25, 0.3) is 0 Å². The van der Waals surface area contributed by atoms with Gasteiger partial charge in [0.2, 0.25) is 0 Å². The zero-order chi connectivity index (χ0) is 15.5. The number of aromatic hydroxyl groups is 1. The number of nitrogens with zero attached hydrogens (tertiary/aromatic N) is 1. The van der Waals surface area contributed by atoms with Crippen molar-refractivity contribution >= 4 is 0 Å². The Morgan fingerprint density at radius 1 is 1.09 bits per heavy atom. The van der Waals surface area contributed by atoms with E-state index in [0.29, 0.717) is 17.7 Å².